The Balaban J connectivity index is 2.31. The molecule has 0 aromatic heterocycles. The van der Waals surface area contributed by atoms with Crippen molar-refractivity contribution in [2.24, 2.45) is 5.92 Å². The van der Waals surface area contributed by atoms with E-state index in [2.05, 4.69) is 5.32 Å². The number of hydrogen-bond acceptors (Lipinski definition) is 4. The zero-order valence-corrected chi connectivity index (χ0v) is 10.5. The number of carbonyl (C=O) groups is 1. The Bertz CT molecular complexity index is 493. The summed E-state index contributed by atoms with van der Waals surface area (Å²) in [6.45, 7) is 4.09. The van der Waals surface area contributed by atoms with E-state index in [0.29, 0.717) is 23.5 Å². The number of nitro benzene ring substituents is 1. The lowest BCUT2D eigenvalue weighted by atomic mass is 9.98. The predicted octanol–water partition coefficient (Wildman–Crippen LogP) is 3.01. The highest BCUT2D eigenvalue weighted by molar-refractivity contribution is 5.79. The summed E-state index contributed by atoms with van der Waals surface area (Å²) < 4.78 is 0. The molecule has 0 aliphatic heterocycles. The SMILES string of the molecule is CC(C)(Nc1ccc(C=O)cc1[N+](=O)[O-])C1CC1. The van der Waals surface area contributed by atoms with Crippen LogP contribution < -0.4 is 5.32 Å². The molecule has 96 valence electrons. The third-order valence-electron chi connectivity index (χ3n) is 3.41. The second-order valence-electron chi connectivity index (χ2n) is 5.27. The van der Waals surface area contributed by atoms with Crippen molar-refractivity contribution >= 4 is 17.7 Å². The van der Waals surface area contributed by atoms with E-state index in [1.165, 1.54) is 6.07 Å². The van der Waals surface area contributed by atoms with Crippen LogP contribution in [0.3, 0.4) is 0 Å². The lowest BCUT2D eigenvalue weighted by Crippen LogP contribution is -2.33. The summed E-state index contributed by atoms with van der Waals surface area (Å²) in [5.74, 6) is 0.558. The van der Waals surface area contributed by atoms with Crippen LogP contribution in [0.25, 0.3) is 0 Å². The molecule has 1 aromatic rings. The van der Waals surface area contributed by atoms with E-state index in [1.54, 1.807) is 12.1 Å². The van der Waals surface area contributed by atoms with Gasteiger partial charge in [-0.1, -0.05) is 0 Å². The highest BCUT2D eigenvalue weighted by Crippen LogP contribution is 2.42. The molecule has 1 aliphatic carbocycles. The van der Waals surface area contributed by atoms with Gasteiger partial charge in [-0.25, -0.2) is 0 Å². The molecule has 0 saturated heterocycles. The summed E-state index contributed by atoms with van der Waals surface area (Å²) in [5.41, 5.74) is 0.584. The van der Waals surface area contributed by atoms with Gasteiger partial charge in [0.1, 0.15) is 12.0 Å². The molecule has 0 bridgehead atoms. The van der Waals surface area contributed by atoms with Crippen molar-refractivity contribution in [3.63, 3.8) is 0 Å². The van der Waals surface area contributed by atoms with E-state index in [1.807, 2.05) is 13.8 Å². The van der Waals surface area contributed by atoms with E-state index in [-0.39, 0.29) is 11.2 Å². The number of hydrogen-bond donors (Lipinski definition) is 1. The average Bonchev–Trinajstić information content (AvgIpc) is 3.12. The van der Waals surface area contributed by atoms with Crippen molar-refractivity contribution in [3.8, 4) is 0 Å². The van der Waals surface area contributed by atoms with Crippen molar-refractivity contribution < 1.29 is 9.72 Å². The molecule has 18 heavy (non-hydrogen) atoms. The third-order valence-corrected chi connectivity index (χ3v) is 3.41. The second kappa shape index (κ2) is 4.40. The van der Waals surface area contributed by atoms with Gasteiger partial charge in [-0.2, -0.15) is 0 Å². The number of benzene rings is 1. The molecule has 0 heterocycles. The number of nitrogens with zero attached hydrogens (tertiary/aromatic N) is 1. The van der Waals surface area contributed by atoms with Crippen LogP contribution in [-0.2, 0) is 0 Å². The summed E-state index contributed by atoms with van der Waals surface area (Å²) in [6, 6.07) is 4.50. The molecule has 1 saturated carbocycles. The van der Waals surface area contributed by atoms with Gasteiger partial charge in [-0.05, 0) is 44.7 Å². The number of nitro groups is 1. The molecule has 1 N–H and O–H groups in total. The monoisotopic (exact) mass is 248 g/mol. The minimum absolute atomic E-state index is 0.0478. The number of carbonyl (C=O) groups excluding carboxylic acids is 1. The van der Waals surface area contributed by atoms with E-state index in [0.717, 1.165) is 12.8 Å². The summed E-state index contributed by atoms with van der Waals surface area (Å²) in [7, 11) is 0. The van der Waals surface area contributed by atoms with Gasteiger partial charge < -0.3 is 5.32 Å². The van der Waals surface area contributed by atoms with Crippen LogP contribution in [0.4, 0.5) is 11.4 Å². The Labute approximate surface area is 105 Å². The van der Waals surface area contributed by atoms with Crippen LogP contribution in [0.15, 0.2) is 18.2 Å². The summed E-state index contributed by atoms with van der Waals surface area (Å²) in [6.07, 6.45) is 2.92. The molecule has 1 fully saturated rings. The molecular weight excluding hydrogens is 232 g/mol. The van der Waals surface area contributed by atoms with E-state index in [4.69, 9.17) is 0 Å². The van der Waals surface area contributed by atoms with Crippen molar-refractivity contribution in [1.82, 2.24) is 0 Å². The second-order valence-corrected chi connectivity index (χ2v) is 5.27. The van der Waals surface area contributed by atoms with Crippen molar-refractivity contribution in [3.05, 3.63) is 33.9 Å². The lowest BCUT2D eigenvalue weighted by molar-refractivity contribution is -0.384. The zero-order valence-electron chi connectivity index (χ0n) is 10.5. The number of rotatable bonds is 5. The molecule has 0 atom stereocenters. The summed E-state index contributed by atoms with van der Waals surface area (Å²) >= 11 is 0. The van der Waals surface area contributed by atoms with Gasteiger partial charge in [0, 0.05) is 17.2 Å². The highest BCUT2D eigenvalue weighted by atomic mass is 16.6. The number of anilines is 1. The van der Waals surface area contributed by atoms with E-state index in [9.17, 15) is 14.9 Å². The van der Waals surface area contributed by atoms with Crippen molar-refractivity contribution in [1.29, 1.82) is 0 Å². The predicted molar refractivity (Wildman–Crippen MR) is 68.9 cm³/mol. The Morgan fingerprint density at radius 3 is 2.61 bits per heavy atom. The van der Waals surface area contributed by atoms with Crippen LogP contribution >= 0.6 is 0 Å². The molecular formula is C13H16N2O3. The molecule has 0 amide bonds. The van der Waals surface area contributed by atoms with Gasteiger partial charge >= 0.3 is 0 Å². The van der Waals surface area contributed by atoms with E-state index < -0.39 is 4.92 Å². The quantitative estimate of drug-likeness (QED) is 0.494. The normalized spacial score (nSPS) is 15.2. The van der Waals surface area contributed by atoms with Crippen LogP contribution in [0.2, 0.25) is 0 Å². The molecule has 1 aliphatic rings. The maximum Gasteiger partial charge on any atom is 0.293 e. The van der Waals surface area contributed by atoms with Gasteiger partial charge in [-0.15, -0.1) is 0 Å². The zero-order chi connectivity index (χ0) is 13.3. The van der Waals surface area contributed by atoms with Gasteiger partial charge in [0.15, 0.2) is 0 Å². The summed E-state index contributed by atoms with van der Waals surface area (Å²) in [5, 5.41) is 14.2. The van der Waals surface area contributed by atoms with Gasteiger partial charge in [0.2, 0.25) is 0 Å². The van der Waals surface area contributed by atoms with Crippen LogP contribution in [0.5, 0.6) is 0 Å². The Morgan fingerprint density at radius 2 is 2.11 bits per heavy atom. The minimum atomic E-state index is -0.460. The smallest absolute Gasteiger partial charge is 0.293 e. The number of nitrogens with one attached hydrogen (secondary N) is 1. The number of aldehydes is 1. The first kappa shape index (κ1) is 12.5. The fourth-order valence-corrected chi connectivity index (χ4v) is 2.13. The van der Waals surface area contributed by atoms with Gasteiger partial charge in [-0.3, -0.25) is 14.9 Å². The molecule has 0 unspecified atom stereocenters. The first-order valence-corrected chi connectivity index (χ1v) is 5.96. The molecule has 2 rings (SSSR count). The first-order chi connectivity index (χ1) is 8.44. The van der Waals surface area contributed by atoms with E-state index >= 15 is 0 Å². The van der Waals surface area contributed by atoms with Crippen LogP contribution in [-0.4, -0.2) is 16.7 Å². The Kier molecular flexibility index (Phi) is 3.07. The standard InChI is InChI=1S/C13H16N2O3/c1-13(2,10-4-5-10)14-11-6-3-9(8-16)7-12(11)15(17)18/h3,6-8,10,14H,4-5H2,1-2H3. The topological polar surface area (TPSA) is 72.2 Å². The van der Waals surface area contributed by atoms with Crippen molar-refractivity contribution in [2.75, 3.05) is 5.32 Å². The van der Waals surface area contributed by atoms with Gasteiger partial charge in [0.05, 0.1) is 4.92 Å². The lowest BCUT2D eigenvalue weighted by Gasteiger charge is -2.27. The molecule has 0 spiro atoms. The first-order valence-electron chi connectivity index (χ1n) is 5.96. The van der Waals surface area contributed by atoms with Crippen LogP contribution in [0, 0.1) is 16.0 Å². The largest absolute Gasteiger partial charge is 0.374 e. The third kappa shape index (κ3) is 2.50. The van der Waals surface area contributed by atoms with Crippen LogP contribution in [0.1, 0.15) is 37.0 Å². The molecule has 1 aromatic carbocycles. The molecule has 0 radical (unpaired) electrons. The fourth-order valence-electron chi connectivity index (χ4n) is 2.13. The molecule has 5 heteroatoms. The highest BCUT2D eigenvalue weighted by Gasteiger charge is 2.38. The van der Waals surface area contributed by atoms with Gasteiger partial charge in [0.25, 0.3) is 5.69 Å². The van der Waals surface area contributed by atoms with Crippen molar-refractivity contribution in [2.45, 2.75) is 32.2 Å². The Morgan fingerprint density at radius 1 is 1.44 bits per heavy atom. The Hall–Kier alpha value is -1.91. The maximum atomic E-state index is 11.0. The average molecular weight is 248 g/mol. The maximum absolute atomic E-state index is 11.0. The minimum Gasteiger partial charge on any atom is -0.374 e. The molecule has 5 nitrogen and oxygen atoms in total. The fraction of sp³-hybridized carbons (Fsp3) is 0.462. The summed E-state index contributed by atoms with van der Waals surface area (Å²) in [4.78, 5) is 21.2.